The number of hydrogen-bond acceptors (Lipinski definition) is 6. The van der Waals surface area contributed by atoms with E-state index in [1.54, 1.807) is 0 Å². The summed E-state index contributed by atoms with van der Waals surface area (Å²) < 4.78 is 0. The molecule has 0 saturated heterocycles. The van der Waals surface area contributed by atoms with Crippen LogP contribution in [0.2, 0.25) is 0 Å². The third kappa shape index (κ3) is 63.5. The molecule has 0 bridgehead atoms. The third-order valence-corrected chi connectivity index (χ3v) is 1.38. The van der Waals surface area contributed by atoms with Crippen LogP contribution in [0.15, 0.2) is 24.3 Å². The summed E-state index contributed by atoms with van der Waals surface area (Å²) in [4.78, 5) is 37.4. The number of halogens is 2. The molecule has 0 saturated carbocycles. The quantitative estimate of drug-likeness (QED) is 0.339. The van der Waals surface area contributed by atoms with Gasteiger partial charge in [0, 0.05) is 11.1 Å². The van der Waals surface area contributed by atoms with E-state index in [1.165, 1.54) is 13.8 Å². The Bertz CT molecular complexity index is 348. The van der Waals surface area contributed by atoms with Gasteiger partial charge in [-0.2, -0.15) is 0 Å². The third-order valence-electron chi connectivity index (χ3n) is 0.948. The van der Waals surface area contributed by atoms with Crippen LogP contribution < -0.4 is 10.2 Å². The Morgan fingerprint density at radius 3 is 0.913 bits per heavy atom. The number of carbonyl (C=O) groups is 4. The molecule has 11 heteroatoms. The Kier molecular flexibility index (Phi) is 33.0. The maximum absolute atomic E-state index is 9.60. The number of carbonyl (C=O) groups excluding carboxylic acids is 2. The van der Waals surface area contributed by atoms with Crippen LogP contribution >= 0.6 is 23.2 Å². The van der Waals surface area contributed by atoms with Crippen LogP contribution in [-0.2, 0) is 38.7 Å². The number of carboxylic acid groups (broad SMARTS) is 4. The van der Waals surface area contributed by atoms with E-state index in [0.717, 1.165) is 0 Å². The van der Waals surface area contributed by atoms with Gasteiger partial charge in [-0.1, -0.05) is 13.2 Å². The zero-order valence-corrected chi connectivity index (χ0v) is 17.1. The summed E-state index contributed by atoms with van der Waals surface area (Å²) in [5.74, 6) is -5.16. The van der Waals surface area contributed by atoms with Crippen LogP contribution in [0.1, 0.15) is 13.8 Å². The predicted octanol–water partition coefficient (Wildman–Crippen LogP) is -0.758. The van der Waals surface area contributed by atoms with Gasteiger partial charge in [-0.15, -0.1) is 23.2 Å². The molecular formula is C12H16Cl2O8Zn. The van der Waals surface area contributed by atoms with Crippen LogP contribution in [0.4, 0.5) is 0 Å². The van der Waals surface area contributed by atoms with Crippen LogP contribution in [0.5, 0.6) is 0 Å². The fourth-order valence-electron chi connectivity index (χ4n) is 0. The zero-order valence-electron chi connectivity index (χ0n) is 12.6. The molecule has 2 N–H and O–H groups in total. The van der Waals surface area contributed by atoms with Crippen LogP contribution in [0.25, 0.3) is 0 Å². The van der Waals surface area contributed by atoms with E-state index >= 15 is 0 Å². The Morgan fingerprint density at radius 2 is 0.913 bits per heavy atom. The van der Waals surface area contributed by atoms with E-state index in [1.807, 2.05) is 0 Å². The normalized spacial score (nSPS) is 7.13. The molecule has 0 aromatic rings. The molecule has 0 spiro atoms. The Balaban J connectivity index is -0.0000000620. The van der Waals surface area contributed by atoms with Crippen molar-refractivity contribution in [1.82, 2.24) is 0 Å². The van der Waals surface area contributed by atoms with E-state index in [-0.39, 0.29) is 30.6 Å². The molecule has 0 amide bonds. The standard InChI is InChI=1S/2C4H6O2.2C2H3ClO2.Zn/c2*1-3(2)4(5)6;2*3-1-2(4)5;/h2*1H2,2H3,(H,5,6);2*1H2,(H,4,5);/q;;;;+2/p-2. The van der Waals surface area contributed by atoms with E-state index < -0.39 is 35.6 Å². The number of aliphatic carboxylic acids is 4. The topological polar surface area (TPSA) is 155 Å². The fourth-order valence-corrected chi connectivity index (χ4v) is 0. The van der Waals surface area contributed by atoms with Crippen LogP contribution in [-0.4, -0.2) is 45.9 Å². The summed E-state index contributed by atoms with van der Waals surface area (Å²) in [5, 5.41) is 34.0. The first-order valence-corrected chi connectivity index (χ1v) is 6.19. The SMILES string of the molecule is C=C(C)C(=O)O.C=C(C)C(=O)O.O=C([O-])CCl.O=C([O-])CCl.[Zn+2]. The van der Waals surface area contributed by atoms with Crippen molar-refractivity contribution < 1.29 is 59.1 Å². The van der Waals surface area contributed by atoms with Gasteiger partial charge in [0.1, 0.15) is 0 Å². The molecule has 128 valence electrons. The van der Waals surface area contributed by atoms with Gasteiger partial charge in [-0.3, -0.25) is 0 Å². The van der Waals surface area contributed by atoms with Crippen molar-refractivity contribution in [3.63, 3.8) is 0 Å². The smallest absolute Gasteiger partial charge is 0.549 e. The maximum Gasteiger partial charge on any atom is 2.00 e. The number of carboxylic acids is 4. The van der Waals surface area contributed by atoms with E-state index in [0.29, 0.717) is 0 Å². The number of rotatable bonds is 4. The van der Waals surface area contributed by atoms with Gasteiger partial charge in [0.15, 0.2) is 0 Å². The van der Waals surface area contributed by atoms with Gasteiger partial charge < -0.3 is 30.0 Å². The van der Waals surface area contributed by atoms with Gasteiger partial charge in [-0.25, -0.2) is 9.59 Å². The monoisotopic (exact) mass is 422 g/mol. The summed E-state index contributed by atoms with van der Waals surface area (Å²) in [6.07, 6.45) is 0. The van der Waals surface area contributed by atoms with Gasteiger partial charge in [0.2, 0.25) is 0 Å². The molecule has 0 radical (unpaired) electrons. The van der Waals surface area contributed by atoms with Gasteiger partial charge in [-0.05, 0) is 13.8 Å². The van der Waals surface area contributed by atoms with Gasteiger partial charge in [0.05, 0.1) is 23.7 Å². The van der Waals surface area contributed by atoms with Gasteiger partial charge >= 0.3 is 31.4 Å². The second kappa shape index (κ2) is 22.8. The molecule has 0 atom stereocenters. The average Bonchev–Trinajstić information content (AvgIpc) is 2.40. The summed E-state index contributed by atoms with van der Waals surface area (Å²) >= 11 is 9.35. The van der Waals surface area contributed by atoms with Crippen molar-refractivity contribution in [2.45, 2.75) is 13.8 Å². The summed E-state index contributed by atoms with van der Waals surface area (Å²) in [5.41, 5.74) is 0.352. The minimum Gasteiger partial charge on any atom is -0.549 e. The Hall–Kier alpha value is -1.44. The van der Waals surface area contributed by atoms with Crippen molar-refractivity contribution >= 4 is 47.1 Å². The number of hydrogen-bond donors (Lipinski definition) is 2. The molecule has 0 heterocycles. The molecule has 0 rings (SSSR count). The van der Waals surface area contributed by atoms with Crippen molar-refractivity contribution in [2.24, 2.45) is 0 Å². The largest absolute Gasteiger partial charge is 2.00 e. The molecule has 0 aliphatic rings. The van der Waals surface area contributed by atoms with Gasteiger partial charge in [0.25, 0.3) is 0 Å². The first kappa shape index (κ1) is 33.2. The molecule has 0 aromatic carbocycles. The molecule has 0 aliphatic carbocycles. The Morgan fingerprint density at radius 1 is 0.826 bits per heavy atom. The summed E-state index contributed by atoms with van der Waals surface area (Å²) in [6.45, 7) is 9.20. The molecule has 0 aromatic heterocycles. The van der Waals surface area contributed by atoms with Crippen molar-refractivity contribution in [3.05, 3.63) is 24.3 Å². The Labute approximate surface area is 156 Å². The average molecular weight is 425 g/mol. The molecule has 0 unspecified atom stereocenters. The molecular weight excluding hydrogens is 408 g/mol. The van der Waals surface area contributed by atoms with Crippen molar-refractivity contribution in [2.75, 3.05) is 11.8 Å². The molecule has 0 aliphatic heterocycles. The minimum absolute atomic E-state index is 0. The van der Waals surface area contributed by atoms with Crippen LogP contribution in [0.3, 0.4) is 0 Å². The summed E-state index contributed by atoms with van der Waals surface area (Å²) in [6, 6.07) is 0. The van der Waals surface area contributed by atoms with Crippen molar-refractivity contribution in [3.8, 4) is 0 Å². The molecule has 0 fully saturated rings. The van der Waals surface area contributed by atoms with E-state index in [4.69, 9.17) is 30.0 Å². The first-order valence-electron chi connectivity index (χ1n) is 5.12. The number of alkyl halides is 2. The summed E-state index contributed by atoms with van der Waals surface area (Å²) in [7, 11) is 0. The second-order valence-electron chi connectivity index (χ2n) is 3.18. The van der Waals surface area contributed by atoms with Crippen LogP contribution in [0, 0.1) is 0 Å². The minimum atomic E-state index is -1.23. The molecule has 8 nitrogen and oxygen atoms in total. The molecule has 23 heavy (non-hydrogen) atoms. The van der Waals surface area contributed by atoms with Crippen molar-refractivity contribution in [1.29, 1.82) is 0 Å². The second-order valence-corrected chi connectivity index (χ2v) is 3.72. The maximum atomic E-state index is 9.60. The van der Waals surface area contributed by atoms with E-state index in [2.05, 4.69) is 36.4 Å². The zero-order chi connectivity index (χ0) is 18.9. The predicted molar refractivity (Wildman–Crippen MR) is 76.4 cm³/mol. The fraction of sp³-hybridized carbons (Fsp3) is 0.333. The van der Waals surface area contributed by atoms with E-state index in [9.17, 15) is 9.59 Å². The first-order chi connectivity index (χ1) is 9.83.